The summed E-state index contributed by atoms with van der Waals surface area (Å²) < 4.78 is 31.8. The molecule has 23 heavy (non-hydrogen) atoms. The summed E-state index contributed by atoms with van der Waals surface area (Å²) >= 11 is 11.8. The number of hydrogen-bond donors (Lipinski definition) is 1. The highest BCUT2D eigenvalue weighted by Gasteiger charge is 2.24. The van der Waals surface area contributed by atoms with Gasteiger partial charge >= 0.3 is 5.97 Å². The highest BCUT2D eigenvalue weighted by Crippen LogP contribution is 2.29. The summed E-state index contributed by atoms with van der Waals surface area (Å²) in [5.41, 5.74) is -0.178. The molecule has 1 atom stereocenters. The van der Waals surface area contributed by atoms with Crippen molar-refractivity contribution in [3.63, 3.8) is 0 Å². The second kappa shape index (κ2) is 7.97. The number of esters is 1. The SMILES string of the molecule is CC(C)CNS(=O)(=O)c1cc(C(=O)O[C@@H](C)C#N)c(Cl)cc1Cl. The van der Waals surface area contributed by atoms with Gasteiger partial charge in [0.05, 0.1) is 15.6 Å². The second-order valence-electron chi connectivity index (χ2n) is 5.18. The summed E-state index contributed by atoms with van der Waals surface area (Å²) in [5, 5.41) is 8.49. The standard InChI is InChI=1S/C14H16Cl2N2O4S/c1-8(2)7-18-23(20,21)13-4-10(11(15)5-12(13)16)14(19)22-9(3)6-17/h4-5,8-9,18H,7H2,1-3H3/t9-/m0/s1. The van der Waals surface area contributed by atoms with E-state index in [9.17, 15) is 13.2 Å². The van der Waals surface area contributed by atoms with E-state index in [-0.39, 0.29) is 33.0 Å². The summed E-state index contributed by atoms with van der Waals surface area (Å²) in [4.78, 5) is 11.7. The van der Waals surface area contributed by atoms with Crippen LogP contribution in [0.1, 0.15) is 31.1 Å². The molecule has 0 saturated carbocycles. The lowest BCUT2D eigenvalue weighted by atomic mass is 10.2. The lowest BCUT2D eigenvalue weighted by Gasteiger charge is -2.13. The molecule has 0 fully saturated rings. The summed E-state index contributed by atoms with van der Waals surface area (Å²) in [7, 11) is -3.91. The van der Waals surface area contributed by atoms with E-state index < -0.39 is 22.1 Å². The number of nitrogens with zero attached hydrogens (tertiary/aromatic N) is 1. The maximum Gasteiger partial charge on any atom is 0.341 e. The molecule has 1 N–H and O–H groups in total. The Morgan fingerprint density at radius 3 is 2.43 bits per heavy atom. The van der Waals surface area contributed by atoms with Crippen molar-refractivity contribution in [1.29, 1.82) is 5.26 Å². The Balaban J connectivity index is 3.24. The minimum atomic E-state index is -3.91. The van der Waals surface area contributed by atoms with Crippen LogP contribution in [0, 0.1) is 17.2 Å². The molecule has 1 rings (SSSR count). The lowest BCUT2D eigenvalue weighted by molar-refractivity contribution is 0.0435. The number of halogens is 2. The number of benzene rings is 1. The van der Waals surface area contributed by atoms with E-state index in [1.54, 1.807) is 6.07 Å². The molecule has 0 bridgehead atoms. The average Bonchev–Trinajstić information content (AvgIpc) is 2.44. The number of sulfonamides is 1. The van der Waals surface area contributed by atoms with Crippen LogP contribution in [-0.4, -0.2) is 27.0 Å². The second-order valence-corrected chi connectivity index (χ2v) is 7.73. The van der Waals surface area contributed by atoms with E-state index in [0.29, 0.717) is 0 Å². The topological polar surface area (TPSA) is 96.3 Å². The smallest absolute Gasteiger partial charge is 0.341 e. The Hall–Kier alpha value is -1.33. The van der Waals surface area contributed by atoms with Crippen LogP contribution < -0.4 is 4.72 Å². The van der Waals surface area contributed by atoms with Crippen LogP contribution in [0.3, 0.4) is 0 Å². The van der Waals surface area contributed by atoms with Crippen molar-refractivity contribution in [1.82, 2.24) is 4.72 Å². The Morgan fingerprint density at radius 2 is 1.91 bits per heavy atom. The van der Waals surface area contributed by atoms with Gasteiger partial charge in [-0.05, 0) is 25.0 Å². The molecule has 0 heterocycles. The third-order valence-corrected chi connectivity index (χ3v) is 4.88. The van der Waals surface area contributed by atoms with E-state index in [4.69, 9.17) is 33.2 Å². The number of nitrogens with one attached hydrogen (secondary N) is 1. The summed E-state index contributed by atoms with van der Waals surface area (Å²) in [6, 6.07) is 3.93. The molecular formula is C14H16Cl2N2O4S. The van der Waals surface area contributed by atoms with Crippen LogP contribution in [0.5, 0.6) is 0 Å². The first-order valence-electron chi connectivity index (χ1n) is 6.67. The van der Waals surface area contributed by atoms with Gasteiger partial charge in [0.1, 0.15) is 11.0 Å². The normalized spacial score (nSPS) is 12.7. The first kappa shape index (κ1) is 19.7. The number of carbonyl (C=O) groups excluding carboxylic acids is 1. The Morgan fingerprint density at radius 1 is 1.30 bits per heavy atom. The third-order valence-electron chi connectivity index (χ3n) is 2.68. The molecule has 126 valence electrons. The van der Waals surface area contributed by atoms with Crippen molar-refractivity contribution in [2.75, 3.05) is 6.54 Å². The molecule has 0 aliphatic heterocycles. The van der Waals surface area contributed by atoms with Crippen LogP contribution in [-0.2, 0) is 14.8 Å². The van der Waals surface area contributed by atoms with E-state index in [2.05, 4.69) is 4.72 Å². The van der Waals surface area contributed by atoms with Crippen molar-refractivity contribution in [2.24, 2.45) is 5.92 Å². The summed E-state index contributed by atoms with van der Waals surface area (Å²) in [6.45, 7) is 5.28. The van der Waals surface area contributed by atoms with Gasteiger partial charge in [-0.15, -0.1) is 0 Å². The number of hydrogen-bond acceptors (Lipinski definition) is 5. The van der Waals surface area contributed by atoms with Gasteiger partial charge in [-0.2, -0.15) is 5.26 Å². The van der Waals surface area contributed by atoms with Gasteiger partial charge in [-0.25, -0.2) is 17.9 Å². The molecule has 6 nitrogen and oxygen atoms in total. The zero-order chi connectivity index (χ0) is 17.8. The first-order chi connectivity index (χ1) is 10.6. The maximum absolute atomic E-state index is 12.3. The quantitative estimate of drug-likeness (QED) is 0.767. The Kier molecular flexibility index (Phi) is 6.84. The van der Waals surface area contributed by atoms with Crippen molar-refractivity contribution in [3.05, 3.63) is 27.7 Å². The fourth-order valence-corrected chi connectivity index (χ4v) is 3.56. The Bertz CT molecular complexity index is 742. The zero-order valence-electron chi connectivity index (χ0n) is 12.8. The van der Waals surface area contributed by atoms with Gasteiger partial charge in [-0.3, -0.25) is 0 Å². The van der Waals surface area contributed by atoms with Crippen LogP contribution in [0.2, 0.25) is 10.0 Å². The van der Waals surface area contributed by atoms with Crippen LogP contribution in [0.4, 0.5) is 0 Å². The molecule has 0 aromatic heterocycles. The monoisotopic (exact) mass is 378 g/mol. The number of rotatable bonds is 6. The molecule has 0 amide bonds. The highest BCUT2D eigenvalue weighted by atomic mass is 35.5. The average molecular weight is 379 g/mol. The van der Waals surface area contributed by atoms with E-state index in [1.165, 1.54) is 6.92 Å². The Labute approximate surface area is 145 Å². The first-order valence-corrected chi connectivity index (χ1v) is 8.91. The van der Waals surface area contributed by atoms with Crippen molar-refractivity contribution >= 4 is 39.2 Å². The minimum Gasteiger partial charge on any atom is -0.444 e. The fraction of sp³-hybridized carbons (Fsp3) is 0.429. The molecule has 0 saturated heterocycles. The van der Waals surface area contributed by atoms with Gasteiger partial charge in [0, 0.05) is 6.54 Å². The minimum absolute atomic E-state index is 0.0621. The predicted molar refractivity (Wildman–Crippen MR) is 87.0 cm³/mol. The van der Waals surface area contributed by atoms with Crippen LogP contribution in [0.15, 0.2) is 17.0 Å². The van der Waals surface area contributed by atoms with Crippen LogP contribution in [0.25, 0.3) is 0 Å². The third kappa shape index (κ3) is 5.36. The lowest BCUT2D eigenvalue weighted by Crippen LogP contribution is -2.28. The molecule has 1 aromatic carbocycles. The van der Waals surface area contributed by atoms with Crippen molar-refractivity contribution < 1.29 is 17.9 Å². The number of ether oxygens (including phenoxy) is 1. The van der Waals surface area contributed by atoms with Gasteiger partial charge in [0.15, 0.2) is 6.10 Å². The van der Waals surface area contributed by atoms with Crippen molar-refractivity contribution in [3.8, 4) is 6.07 Å². The molecule has 0 spiro atoms. The van der Waals surface area contributed by atoms with E-state index in [0.717, 1.165) is 12.1 Å². The van der Waals surface area contributed by atoms with Gasteiger partial charge in [0.25, 0.3) is 0 Å². The van der Waals surface area contributed by atoms with E-state index >= 15 is 0 Å². The van der Waals surface area contributed by atoms with Gasteiger partial charge in [-0.1, -0.05) is 37.0 Å². The maximum atomic E-state index is 12.3. The zero-order valence-corrected chi connectivity index (χ0v) is 15.1. The predicted octanol–water partition coefficient (Wildman–Crippen LogP) is 3.00. The van der Waals surface area contributed by atoms with Crippen molar-refractivity contribution in [2.45, 2.75) is 31.8 Å². The van der Waals surface area contributed by atoms with E-state index in [1.807, 2.05) is 13.8 Å². The largest absolute Gasteiger partial charge is 0.444 e. The fourth-order valence-electron chi connectivity index (χ4n) is 1.50. The summed E-state index contributed by atoms with van der Waals surface area (Å²) in [6.07, 6.45) is -0.992. The molecular weight excluding hydrogens is 363 g/mol. The molecule has 0 unspecified atom stereocenters. The van der Waals surface area contributed by atoms with Gasteiger partial charge < -0.3 is 4.74 Å². The molecule has 0 radical (unpaired) electrons. The van der Waals surface area contributed by atoms with Gasteiger partial charge in [0.2, 0.25) is 10.0 Å². The molecule has 9 heteroatoms. The van der Waals surface area contributed by atoms with Crippen LogP contribution >= 0.6 is 23.2 Å². The summed E-state index contributed by atoms with van der Waals surface area (Å²) in [5.74, 6) is -0.808. The molecule has 0 aliphatic rings. The molecule has 1 aromatic rings. The highest BCUT2D eigenvalue weighted by molar-refractivity contribution is 7.89. The number of nitriles is 1. The molecule has 0 aliphatic carbocycles. The number of carbonyl (C=O) groups is 1.